The minimum Gasteiger partial charge on any atom is -0.338 e. The summed E-state index contributed by atoms with van der Waals surface area (Å²) in [5.74, 6) is 0.569. The van der Waals surface area contributed by atoms with Gasteiger partial charge in [-0.05, 0) is 41.8 Å². The number of likely N-dealkylation sites (tertiary alicyclic amines) is 1. The Balaban J connectivity index is 1.48. The van der Waals surface area contributed by atoms with Gasteiger partial charge in [0.15, 0.2) is 0 Å². The van der Waals surface area contributed by atoms with Gasteiger partial charge in [0, 0.05) is 43.3 Å². The lowest BCUT2D eigenvalue weighted by Crippen LogP contribution is -2.29. The zero-order valence-electron chi connectivity index (χ0n) is 13.4. The number of fused-ring (bicyclic) bond motifs is 1. The molecule has 3 aromatic rings. The Bertz CT molecular complexity index is 858. The first kappa shape index (κ1) is 14.8. The number of rotatable bonds is 3. The Morgan fingerprint density at radius 1 is 1.08 bits per heavy atom. The van der Waals surface area contributed by atoms with Gasteiger partial charge in [-0.2, -0.15) is 0 Å². The number of aromatic nitrogens is 2. The van der Waals surface area contributed by atoms with Gasteiger partial charge >= 0.3 is 0 Å². The van der Waals surface area contributed by atoms with Crippen molar-refractivity contribution in [2.24, 2.45) is 5.92 Å². The monoisotopic (exact) mass is 317 g/mol. The van der Waals surface area contributed by atoms with Crippen molar-refractivity contribution in [2.45, 2.75) is 12.8 Å². The van der Waals surface area contributed by atoms with E-state index < -0.39 is 0 Å². The molecule has 4 heteroatoms. The quantitative estimate of drug-likeness (QED) is 0.744. The molecule has 1 aromatic carbocycles. The van der Waals surface area contributed by atoms with E-state index in [2.05, 4.69) is 28.2 Å². The van der Waals surface area contributed by atoms with Crippen LogP contribution in [0.25, 0.3) is 10.8 Å². The summed E-state index contributed by atoms with van der Waals surface area (Å²) in [5.41, 5.74) is 1.94. The van der Waals surface area contributed by atoms with E-state index in [4.69, 9.17) is 0 Å². The van der Waals surface area contributed by atoms with Gasteiger partial charge in [-0.25, -0.2) is 0 Å². The molecule has 4 nitrogen and oxygen atoms in total. The van der Waals surface area contributed by atoms with Gasteiger partial charge < -0.3 is 4.90 Å². The maximum absolute atomic E-state index is 12.5. The number of benzene rings is 1. The zero-order chi connectivity index (χ0) is 16.4. The summed E-state index contributed by atoms with van der Waals surface area (Å²) in [6.07, 6.45) is 9.21. The molecule has 0 N–H and O–H groups in total. The topological polar surface area (TPSA) is 46.1 Å². The first-order chi connectivity index (χ1) is 11.8. The second-order valence-electron chi connectivity index (χ2n) is 6.37. The fourth-order valence-electron chi connectivity index (χ4n) is 3.51. The van der Waals surface area contributed by atoms with E-state index in [1.807, 2.05) is 35.5 Å². The van der Waals surface area contributed by atoms with E-state index in [9.17, 15) is 4.79 Å². The van der Waals surface area contributed by atoms with Gasteiger partial charge in [-0.1, -0.05) is 24.3 Å². The number of carbonyl (C=O) groups excluding carboxylic acids is 1. The van der Waals surface area contributed by atoms with E-state index in [1.165, 1.54) is 16.3 Å². The maximum Gasteiger partial charge on any atom is 0.255 e. The third kappa shape index (κ3) is 2.87. The summed E-state index contributed by atoms with van der Waals surface area (Å²) in [6, 6.07) is 12.0. The van der Waals surface area contributed by atoms with Crippen LogP contribution in [0.15, 0.2) is 61.2 Å². The fraction of sp³-hybridized carbons (Fsp3) is 0.250. The third-order valence-electron chi connectivity index (χ3n) is 4.74. The molecular weight excluding hydrogens is 298 g/mol. The van der Waals surface area contributed by atoms with Crippen LogP contribution in [0.2, 0.25) is 0 Å². The van der Waals surface area contributed by atoms with Gasteiger partial charge in [-0.15, -0.1) is 0 Å². The second-order valence-corrected chi connectivity index (χ2v) is 6.37. The molecule has 1 aliphatic rings. The minimum absolute atomic E-state index is 0.0849. The van der Waals surface area contributed by atoms with Crippen molar-refractivity contribution >= 4 is 16.7 Å². The van der Waals surface area contributed by atoms with Crippen molar-refractivity contribution in [1.82, 2.24) is 14.9 Å². The lowest BCUT2D eigenvalue weighted by atomic mass is 9.96. The molecule has 2 aromatic heterocycles. The highest BCUT2D eigenvalue weighted by Gasteiger charge is 2.27. The van der Waals surface area contributed by atoms with Crippen LogP contribution in [-0.4, -0.2) is 33.9 Å². The van der Waals surface area contributed by atoms with Crippen LogP contribution in [0.5, 0.6) is 0 Å². The fourth-order valence-corrected chi connectivity index (χ4v) is 3.51. The standard InChI is InChI=1S/C20H19N3O/c24-20(17-5-3-8-21-12-17)23-9-7-15(14-23)10-18-13-22-11-16-4-1-2-6-19(16)18/h1-6,8,11-13,15H,7,9-10,14H2. The van der Waals surface area contributed by atoms with Crippen molar-refractivity contribution in [3.05, 3.63) is 72.3 Å². The molecule has 1 saturated heterocycles. The van der Waals surface area contributed by atoms with E-state index in [1.54, 1.807) is 12.4 Å². The van der Waals surface area contributed by atoms with Gasteiger partial charge in [-0.3, -0.25) is 14.8 Å². The highest BCUT2D eigenvalue weighted by atomic mass is 16.2. The van der Waals surface area contributed by atoms with Crippen molar-refractivity contribution < 1.29 is 4.79 Å². The maximum atomic E-state index is 12.5. The molecule has 120 valence electrons. The minimum atomic E-state index is 0.0849. The molecule has 3 heterocycles. The van der Waals surface area contributed by atoms with Crippen molar-refractivity contribution in [1.29, 1.82) is 0 Å². The Morgan fingerprint density at radius 3 is 2.88 bits per heavy atom. The van der Waals surface area contributed by atoms with Crippen molar-refractivity contribution in [2.75, 3.05) is 13.1 Å². The third-order valence-corrected chi connectivity index (χ3v) is 4.74. The van der Waals surface area contributed by atoms with Gasteiger partial charge in [0.2, 0.25) is 0 Å². The number of carbonyl (C=O) groups is 1. The van der Waals surface area contributed by atoms with Crippen LogP contribution in [-0.2, 0) is 6.42 Å². The molecule has 1 amide bonds. The molecule has 0 saturated carbocycles. The Morgan fingerprint density at radius 2 is 2.00 bits per heavy atom. The SMILES string of the molecule is O=C(c1cccnc1)N1CCC(Cc2cncc3ccccc23)C1. The largest absolute Gasteiger partial charge is 0.338 e. The van der Waals surface area contributed by atoms with Crippen LogP contribution in [0, 0.1) is 5.92 Å². The normalized spacial score (nSPS) is 17.3. The zero-order valence-corrected chi connectivity index (χ0v) is 13.4. The molecule has 4 rings (SSSR count). The van der Waals surface area contributed by atoms with Crippen molar-refractivity contribution in [3.8, 4) is 0 Å². The number of pyridine rings is 2. The molecule has 0 bridgehead atoms. The molecule has 24 heavy (non-hydrogen) atoms. The Hall–Kier alpha value is -2.75. The smallest absolute Gasteiger partial charge is 0.255 e. The predicted octanol–water partition coefficient (Wildman–Crippen LogP) is 3.33. The summed E-state index contributed by atoms with van der Waals surface area (Å²) in [5, 5.41) is 2.45. The first-order valence-electron chi connectivity index (χ1n) is 8.32. The van der Waals surface area contributed by atoms with Crippen molar-refractivity contribution in [3.63, 3.8) is 0 Å². The molecule has 1 unspecified atom stereocenters. The Kier molecular flexibility index (Phi) is 3.95. The van der Waals surface area contributed by atoms with Gasteiger partial charge in [0.25, 0.3) is 5.91 Å². The van der Waals surface area contributed by atoms with Gasteiger partial charge in [0.05, 0.1) is 5.56 Å². The van der Waals surface area contributed by atoms with Gasteiger partial charge in [0.1, 0.15) is 0 Å². The molecular formula is C20H19N3O. The predicted molar refractivity (Wildman–Crippen MR) is 93.7 cm³/mol. The van der Waals surface area contributed by atoms with Crippen LogP contribution in [0.4, 0.5) is 0 Å². The summed E-state index contributed by atoms with van der Waals surface area (Å²) in [4.78, 5) is 22.9. The number of hydrogen-bond acceptors (Lipinski definition) is 3. The first-order valence-corrected chi connectivity index (χ1v) is 8.32. The van der Waals surface area contributed by atoms with Crippen LogP contribution in [0.3, 0.4) is 0 Å². The molecule has 0 aliphatic carbocycles. The lowest BCUT2D eigenvalue weighted by molar-refractivity contribution is 0.0786. The number of amides is 1. The molecule has 1 aliphatic heterocycles. The summed E-state index contributed by atoms with van der Waals surface area (Å²) >= 11 is 0. The van der Waals surface area contributed by atoms with E-state index in [0.717, 1.165) is 25.9 Å². The molecule has 0 radical (unpaired) electrons. The number of nitrogens with zero attached hydrogens (tertiary/aromatic N) is 3. The summed E-state index contributed by atoms with van der Waals surface area (Å²) in [6.45, 7) is 1.62. The second kappa shape index (κ2) is 6.40. The van der Waals surface area contributed by atoms with Crippen LogP contribution < -0.4 is 0 Å². The average molecular weight is 317 g/mol. The molecule has 1 atom stereocenters. The Labute approximate surface area is 141 Å². The molecule has 0 spiro atoms. The van der Waals surface area contributed by atoms with E-state index in [-0.39, 0.29) is 5.91 Å². The highest BCUT2D eigenvalue weighted by Crippen LogP contribution is 2.25. The average Bonchev–Trinajstić information content (AvgIpc) is 3.11. The number of hydrogen-bond donors (Lipinski definition) is 0. The summed E-state index contributed by atoms with van der Waals surface area (Å²) < 4.78 is 0. The van der Waals surface area contributed by atoms with E-state index >= 15 is 0 Å². The lowest BCUT2D eigenvalue weighted by Gasteiger charge is -2.16. The molecule has 1 fully saturated rings. The van der Waals surface area contributed by atoms with E-state index in [0.29, 0.717) is 11.5 Å². The highest BCUT2D eigenvalue weighted by molar-refractivity contribution is 5.94. The van der Waals surface area contributed by atoms with Crippen LogP contribution in [0.1, 0.15) is 22.3 Å². The van der Waals surface area contributed by atoms with Crippen LogP contribution >= 0.6 is 0 Å². The summed E-state index contributed by atoms with van der Waals surface area (Å²) in [7, 11) is 0.